The number of aliphatic hydroxyl groups is 1. The number of fused-ring (bicyclic) bond motifs is 1. The highest BCUT2D eigenvalue weighted by atomic mass is 16.3. The lowest BCUT2D eigenvalue weighted by molar-refractivity contribution is 0.277. The van der Waals surface area contributed by atoms with Gasteiger partial charge < -0.3 is 9.52 Å². The number of aromatic nitrogens is 1. The number of nitrogens with zero attached hydrogens (tertiary/aromatic N) is 2. The van der Waals surface area contributed by atoms with Gasteiger partial charge in [-0.25, -0.2) is 4.98 Å². The number of rotatable bonds is 3. The monoisotopic (exact) mass is 202 g/mol. The molecule has 2 aromatic rings. The minimum Gasteiger partial charge on any atom is -0.439 e. The highest BCUT2D eigenvalue weighted by molar-refractivity contribution is 5.72. The van der Waals surface area contributed by atoms with Crippen molar-refractivity contribution in [2.45, 2.75) is 12.3 Å². The summed E-state index contributed by atoms with van der Waals surface area (Å²) in [6.07, 6.45) is 0.351. The molecule has 1 N–H and O–H groups in total. The van der Waals surface area contributed by atoms with Crippen molar-refractivity contribution < 1.29 is 9.52 Å². The Balaban J connectivity index is 2.39. The van der Waals surface area contributed by atoms with Gasteiger partial charge in [0, 0.05) is 6.61 Å². The molecule has 0 bridgehead atoms. The third kappa shape index (κ3) is 1.83. The molecule has 0 radical (unpaired) electrons. The van der Waals surface area contributed by atoms with Crippen LogP contribution >= 0.6 is 0 Å². The second-order valence-corrected chi connectivity index (χ2v) is 3.21. The second-order valence-electron chi connectivity index (χ2n) is 3.21. The molecule has 1 aromatic carbocycles. The molecule has 0 saturated carbocycles. The maximum atomic E-state index is 8.87. The molecule has 0 fully saturated rings. The molecular formula is C11H10N2O2. The zero-order chi connectivity index (χ0) is 10.7. The Morgan fingerprint density at radius 3 is 2.93 bits per heavy atom. The van der Waals surface area contributed by atoms with Gasteiger partial charge in [-0.15, -0.1) is 0 Å². The predicted octanol–water partition coefficient (Wildman–Crippen LogP) is 1.82. The van der Waals surface area contributed by atoms with Gasteiger partial charge in [0.05, 0.1) is 6.07 Å². The lowest BCUT2D eigenvalue weighted by atomic mass is 10.1. The molecule has 1 heterocycles. The average molecular weight is 202 g/mol. The van der Waals surface area contributed by atoms with E-state index in [0.29, 0.717) is 17.9 Å². The Morgan fingerprint density at radius 2 is 2.27 bits per heavy atom. The van der Waals surface area contributed by atoms with E-state index in [4.69, 9.17) is 14.8 Å². The first-order valence-corrected chi connectivity index (χ1v) is 4.71. The average Bonchev–Trinajstić information content (AvgIpc) is 2.69. The van der Waals surface area contributed by atoms with Crippen LogP contribution in [0.4, 0.5) is 0 Å². The Labute approximate surface area is 86.8 Å². The van der Waals surface area contributed by atoms with Crippen molar-refractivity contribution in [3.8, 4) is 6.07 Å². The van der Waals surface area contributed by atoms with E-state index in [-0.39, 0.29) is 6.61 Å². The van der Waals surface area contributed by atoms with Gasteiger partial charge in [-0.1, -0.05) is 12.1 Å². The largest absolute Gasteiger partial charge is 0.439 e. The van der Waals surface area contributed by atoms with Gasteiger partial charge in [0.2, 0.25) is 5.89 Å². The van der Waals surface area contributed by atoms with Crippen molar-refractivity contribution in [3.05, 3.63) is 30.2 Å². The van der Waals surface area contributed by atoms with E-state index in [9.17, 15) is 0 Å². The SMILES string of the molecule is N#CC(CCO)c1nc2ccccc2o1. The highest BCUT2D eigenvalue weighted by Crippen LogP contribution is 2.22. The molecule has 0 saturated heterocycles. The number of para-hydroxylation sites is 2. The molecule has 15 heavy (non-hydrogen) atoms. The van der Waals surface area contributed by atoms with E-state index in [0.717, 1.165) is 5.52 Å². The van der Waals surface area contributed by atoms with Crippen molar-refractivity contribution >= 4 is 11.1 Å². The Kier molecular flexibility index (Phi) is 2.66. The van der Waals surface area contributed by atoms with Crippen LogP contribution in [0.25, 0.3) is 11.1 Å². The van der Waals surface area contributed by atoms with Crippen LogP contribution in [0, 0.1) is 11.3 Å². The Bertz CT molecular complexity index is 466. The van der Waals surface area contributed by atoms with Crippen molar-refractivity contribution in [3.63, 3.8) is 0 Å². The highest BCUT2D eigenvalue weighted by Gasteiger charge is 2.16. The van der Waals surface area contributed by atoms with Crippen LogP contribution in [0.3, 0.4) is 0 Å². The Hall–Kier alpha value is -1.86. The molecule has 0 amide bonds. The summed E-state index contributed by atoms with van der Waals surface area (Å²) in [4.78, 5) is 4.20. The van der Waals surface area contributed by atoms with Gasteiger partial charge >= 0.3 is 0 Å². The fourth-order valence-corrected chi connectivity index (χ4v) is 1.41. The molecule has 0 aliphatic carbocycles. The van der Waals surface area contributed by atoms with E-state index >= 15 is 0 Å². The van der Waals surface area contributed by atoms with Crippen molar-refractivity contribution in [2.24, 2.45) is 0 Å². The third-order valence-corrected chi connectivity index (χ3v) is 2.18. The zero-order valence-electron chi connectivity index (χ0n) is 8.05. The van der Waals surface area contributed by atoms with E-state index in [1.165, 1.54) is 0 Å². The molecule has 0 aliphatic heterocycles. The number of hydrogen-bond acceptors (Lipinski definition) is 4. The van der Waals surface area contributed by atoms with Gasteiger partial charge in [0.15, 0.2) is 5.58 Å². The van der Waals surface area contributed by atoms with Gasteiger partial charge in [-0.05, 0) is 18.6 Å². The van der Waals surface area contributed by atoms with E-state index in [2.05, 4.69) is 11.1 Å². The Morgan fingerprint density at radius 1 is 1.47 bits per heavy atom. The molecule has 2 rings (SSSR count). The number of oxazole rings is 1. The first-order chi connectivity index (χ1) is 7.35. The van der Waals surface area contributed by atoms with Gasteiger partial charge in [-0.3, -0.25) is 0 Å². The van der Waals surface area contributed by atoms with Crippen LogP contribution in [0.15, 0.2) is 28.7 Å². The molecule has 1 atom stereocenters. The third-order valence-electron chi connectivity index (χ3n) is 2.18. The fourth-order valence-electron chi connectivity index (χ4n) is 1.41. The van der Waals surface area contributed by atoms with Crippen molar-refractivity contribution in [2.75, 3.05) is 6.61 Å². The maximum absolute atomic E-state index is 8.87. The fraction of sp³-hybridized carbons (Fsp3) is 0.273. The number of aliphatic hydroxyl groups excluding tert-OH is 1. The molecule has 76 valence electrons. The summed E-state index contributed by atoms with van der Waals surface area (Å²) in [5, 5.41) is 17.7. The number of hydrogen-bond donors (Lipinski definition) is 1. The van der Waals surface area contributed by atoms with Gasteiger partial charge in [0.1, 0.15) is 11.4 Å². The topological polar surface area (TPSA) is 70.0 Å². The molecule has 4 nitrogen and oxygen atoms in total. The molecule has 1 aromatic heterocycles. The minimum absolute atomic E-state index is 0.0447. The predicted molar refractivity (Wildman–Crippen MR) is 54.1 cm³/mol. The molecule has 0 spiro atoms. The van der Waals surface area contributed by atoms with Crippen LogP contribution < -0.4 is 0 Å². The maximum Gasteiger partial charge on any atom is 0.212 e. The summed E-state index contributed by atoms with van der Waals surface area (Å²) in [5.74, 6) is -0.0878. The summed E-state index contributed by atoms with van der Waals surface area (Å²) in [5.41, 5.74) is 1.41. The van der Waals surface area contributed by atoms with Crippen LogP contribution in [0.2, 0.25) is 0 Å². The number of benzene rings is 1. The van der Waals surface area contributed by atoms with Crippen molar-refractivity contribution in [1.82, 2.24) is 4.98 Å². The van der Waals surface area contributed by atoms with Gasteiger partial charge in [-0.2, -0.15) is 5.26 Å². The quantitative estimate of drug-likeness (QED) is 0.824. The summed E-state index contributed by atoms with van der Waals surface area (Å²) in [7, 11) is 0. The van der Waals surface area contributed by atoms with Crippen LogP contribution in [-0.2, 0) is 0 Å². The molecular weight excluding hydrogens is 192 g/mol. The summed E-state index contributed by atoms with van der Waals surface area (Å²) < 4.78 is 5.43. The van der Waals surface area contributed by atoms with E-state index < -0.39 is 5.92 Å². The lowest BCUT2D eigenvalue weighted by Crippen LogP contribution is -1.98. The summed E-state index contributed by atoms with van der Waals surface area (Å²) in [6.45, 7) is -0.0447. The van der Waals surface area contributed by atoms with Crippen LogP contribution in [-0.4, -0.2) is 16.7 Å². The first-order valence-electron chi connectivity index (χ1n) is 4.71. The van der Waals surface area contributed by atoms with E-state index in [1.807, 2.05) is 18.2 Å². The summed E-state index contributed by atoms with van der Waals surface area (Å²) in [6, 6.07) is 9.41. The van der Waals surface area contributed by atoms with Crippen molar-refractivity contribution in [1.29, 1.82) is 5.26 Å². The van der Waals surface area contributed by atoms with E-state index in [1.54, 1.807) is 6.07 Å². The van der Waals surface area contributed by atoms with Crippen LogP contribution in [0.1, 0.15) is 18.2 Å². The molecule has 1 unspecified atom stereocenters. The lowest BCUT2D eigenvalue weighted by Gasteiger charge is -1.99. The summed E-state index contributed by atoms with van der Waals surface area (Å²) >= 11 is 0. The molecule has 4 heteroatoms. The van der Waals surface area contributed by atoms with Crippen LogP contribution in [0.5, 0.6) is 0 Å². The number of nitriles is 1. The van der Waals surface area contributed by atoms with Gasteiger partial charge in [0.25, 0.3) is 0 Å². The first kappa shape index (κ1) is 9.69. The zero-order valence-corrected chi connectivity index (χ0v) is 8.05. The normalized spacial score (nSPS) is 12.5. The minimum atomic E-state index is -0.470. The standard InChI is InChI=1S/C11H10N2O2/c12-7-8(5-6-14)11-13-9-3-1-2-4-10(9)15-11/h1-4,8,14H,5-6H2. The smallest absolute Gasteiger partial charge is 0.212 e. The molecule has 0 aliphatic rings. The second kappa shape index (κ2) is 4.11.